The summed E-state index contributed by atoms with van der Waals surface area (Å²) < 4.78 is 10.8. The first kappa shape index (κ1) is 18.3. The lowest BCUT2D eigenvalue weighted by Gasteiger charge is -2.10. The summed E-state index contributed by atoms with van der Waals surface area (Å²) in [5, 5.41) is 16.9. The van der Waals surface area contributed by atoms with E-state index < -0.39 is 11.9 Å². The van der Waals surface area contributed by atoms with Crippen LogP contribution in [-0.2, 0) is 19.1 Å². The van der Waals surface area contributed by atoms with Crippen molar-refractivity contribution in [2.45, 2.75) is 38.9 Å². The molecule has 0 bridgehead atoms. The van der Waals surface area contributed by atoms with Crippen molar-refractivity contribution in [3.63, 3.8) is 0 Å². The third-order valence-corrected chi connectivity index (χ3v) is 2.32. The van der Waals surface area contributed by atoms with Crippen LogP contribution in [-0.4, -0.2) is 47.6 Å². The number of carbonyl (C=O) groups is 2. The van der Waals surface area contributed by atoms with Crippen molar-refractivity contribution in [3.8, 4) is 0 Å². The van der Waals surface area contributed by atoms with E-state index in [-0.39, 0.29) is 12.2 Å². The van der Waals surface area contributed by atoms with Crippen LogP contribution < -0.4 is 0 Å². The molecule has 2 atom stereocenters. The number of hydrogen-bond donors (Lipinski definition) is 2. The Morgan fingerprint density at radius 1 is 0.900 bits per heavy atom. The van der Waals surface area contributed by atoms with E-state index in [1.165, 1.54) is 12.2 Å². The highest BCUT2D eigenvalue weighted by Crippen LogP contribution is 2.00. The second kappa shape index (κ2) is 11.2. The first-order chi connectivity index (χ1) is 9.41. The van der Waals surface area contributed by atoms with Crippen LogP contribution in [0.5, 0.6) is 0 Å². The maximum atomic E-state index is 10.3. The number of hydrogen-bond acceptors (Lipinski definition) is 4. The van der Waals surface area contributed by atoms with Gasteiger partial charge in [-0.1, -0.05) is 0 Å². The van der Waals surface area contributed by atoms with E-state index in [1.54, 1.807) is 13.8 Å². The molecule has 0 radical (unpaired) electrons. The lowest BCUT2D eigenvalue weighted by atomic mass is 10.3. The maximum absolute atomic E-state index is 10.3. The molecule has 0 rings (SSSR count). The van der Waals surface area contributed by atoms with E-state index in [4.69, 9.17) is 19.7 Å². The lowest BCUT2D eigenvalue weighted by Crippen LogP contribution is -2.09. The molecule has 0 saturated carbocycles. The van der Waals surface area contributed by atoms with E-state index >= 15 is 0 Å². The minimum Gasteiger partial charge on any atom is -0.478 e. The summed E-state index contributed by atoms with van der Waals surface area (Å²) in [7, 11) is 0. The van der Waals surface area contributed by atoms with Crippen molar-refractivity contribution >= 4 is 11.9 Å². The molecule has 0 aliphatic carbocycles. The first-order valence-electron chi connectivity index (χ1n) is 6.47. The molecular formula is C14H22O6. The van der Waals surface area contributed by atoms with E-state index in [9.17, 15) is 9.59 Å². The van der Waals surface area contributed by atoms with Gasteiger partial charge in [0.05, 0.1) is 12.2 Å². The maximum Gasteiger partial charge on any atom is 0.328 e. The summed E-state index contributed by atoms with van der Waals surface area (Å²) in [6.45, 7) is 4.59. The molecule has 0 aliphatic heterocycles. The average Bonchev–Trinajstić information content (AvgIpc) is 2.37. The van der Waals surface area contributed by atoms with Gasteiger partial charge in [-0.3, -0.25) is 0 Å². The molecule has 0 aromatic heterocycles. The molecule has 2 unspecified atom stereocenters. The van der Waals surface area contributed by atoms with Crippen LogP contribution in [0.2, 0.25) is 0 Å². The normalized spacial score (nSPS) is 14.7. The summed E-state index contributed by atoms with van der Waals surface area (Å²) >= 11 is 0. The Hall–Kier alpha value is -1.66. The lowest BCUT2D eigenvalue weighted by molar-refractivity contribution is -0.132. The topological polar surface area (TPSA) is 93.1 Å². The fourth-order valence-electron chi connectivity index (χ4n) is 1.29. The van der Waals surface area contributed by atoms with Crippen LogP contribution >= 0.6 is 0 Å². The fraction of sp³-hybridized carbons (Fsp3) is 0.571. The van der Waals surface area contributed by atoms with Gasteiger partial charge < -0.3 is 19.7 Å². The van der Waals surface area contributed by atoms with Crippen LogP contribution in [0.4, 0.5) is 0 Å². The molecule has 0 aliphatic rings. The van der Waals surface area contributed by atoms with E-state index in [0.717, 1.165) is 25.0 Å². The minimum atomic E-state index is -0.989. The van der Waals surface area contributed by atoms with E-state index in [2.05, 4.69) is 0 Å². The molecule has 0 heterocycles. The van der Waals surface area contributed by atoms with Gasteiger partial charge in [-0.25, -0.2) is 9.59 Å². The van der Waals surface area contributed by atoms with Crippen LogP contribution in [0, 0.1) is 0 Å². The van der Waals surface area contributed by atoms with Gasteiger partial charge in [0, 0.05) is 25.4 Å². The standard InChI is InChI=1S/C14H22O6/c1-11(5-7-13(15)16)19-9-3-4-10-20-12(2)6-8-14(17)18/h5-8,11-12H,3-4,9-10H2,1-2H3,(H,15,16)(H,17,18). The molecular weight excluding hydrogens is 264 g/mol. The van der Waals surface area contributed by atoms with Gasteiger partial charge >= 0.3 is 11.9 Å². The molecule has 20 heavy (non-hydrogen) atoms. The Morgan fingerprint density at radius 3 is 1.55 bits per heavy atom. The van der Waals surface area contributed by atoms with Gasteiger partial charge in [-0.15, -0.1) is 0 Å². The van der Waals surface area contributed by atoms with E-state index in [0.29, 0.717) is 13.2 Å². The smallest absolute Gasteiger partial charge is 0.328 e. The largest absolute Gasteiger partial charge is 0.478 e. The number of aliphatic carboxylic acids is 2. The van der Waals surface area contributed by atoms with Gasteiger partial charge in [0.15, 0.2) is 0 Å². The van der Waals surface area contributed by atoms with Crippen molar-refractivity contribution in [3.05, 3.63) is 24.3 Å². The van der Waals surface area contributed by atoms with Crippen LogP contribution in [0.15, 0.2) is 24.3 Å². The number of rotatable bonds is 11. The quantitative estimate of drug-likeness (QED) is 0.445. The predicted molar refractivity (Wildman–Crippen MR) is 73.6 cm³/mol. The predicted octanol–water partition coefficient (Wildman–Crippen LogP) is 1.86. The Balaban J connectivity index is 3.53. The monoisotopic (exact) mass is 286 g/mol. The van der Waals surface area contributed by atoms with Crippen molar-refractivity contribution in [2.24, 2.45) is 0 Å². The number of carboxylic acids is 2. The Bertz CT molecular complexity index is 314. The van der Waals surface area contributed by atoms with Crippen molar-refractivity contribution < 1.29 is 29.3 Å². The minimum absolute atomic E-state index is 0.232. The van der Waals surface area contributed by atoms with E-state index in [1.807, 2.05) is 0 Å². The second-order valence-electron chi connectivity index (χ2n) is 4.25. The van der Waals surface area contributed by atoms with Crippen LogP contribution in [0.3, 0.4) is 0 Å². The summed E-state index contributed by atoms with van der Waals surface area (Å²) in [6, 6.07) is 0. The molecule has 6 heteroatoms. The molecule has 0 fully saturated rings. The number of unbranched alkanes of at least 4 members (excludes halogenated alkanes) is 1. The fourth-order valence-corrected chi connectivity index (χ4v) is 1.29. The summed E-state index contributed by atoms with van der Waals surface area (Å²) in [5.41, 5.74) is 0. The van der Waals surface area contributed by atoms with Crippen molar-refractivity contribution in [2.75, 3.05) is 13.2 Å². The van der Waals surface area contributed by atoms with Gasteiger partial charge in [0.25, 0.3) is 0 Å². The Kier molecular flexibility index (Phi) is 10.3. The molecule has 0 aromatic rings. The highest BCUT2D eigenvalue weighted by molar-refractivity contribution is 5.80. The van der Waals surface area contributed by atoms with Crippen LogP contribution in [0.1, 0.15) is 26.7 Å². The molecule has 114 valence electrons. The second-order valence-corrected chi connectivity index (χ2v) is 4.25. The zero-order valence-corrected chi connectivity index (χ0v) is 11.8. The zero-order chi connectivity index (χ0) is 15.4. The summed E-state index contributed by atoms with van der Waals surface area (Å²) in [4.78, 5) is 20.6. The highest BCUT2D eigenvalue weighted by atomic mass is 16.5. The number of ether oxygens (including phenoxy) is 2. The Labute approximate surface area is 118 Å². The third kappa shape index (κ3) is 12.8. The van der Waals surface area contributed by atoms with Crippen molar-refractivity contribution in [1.29, 1.82) is 0 Å². The van der Waals surface area contributed by atoms with Gasteiger partial charge in [-0.05, 0) is 38.8 Å². The SMILES string of the molecule is CC(C=CC(=O)O)OCCCCOC(C)C=CC(=O)O. The summed E-state index contributed by atoms with van der Waals surface area (Å²) in [5.74, 6) is -1.98. The molecule has 2 N–H and O–H groups in total. The van der Waals surface area contributed by atoms with Crippen LogP contribution in [0.25, 0.3) is 0 Å². The summed E-state index contributed by atoms with van der Waals surface area (Å²) in [6.07, 6.45) is 6.21. The van der Waals surface area contributed by atoms with Crippen molar-refractivity contribution in [1.82, 2.24) is 0 Å². The Morgan fingerprint density at radius 2 is 1.25 bits per heavy atom. The molecule has 0 saturated heterocycles. The van der Waals surface area contributed by atoms with Gasteiger partial charge in [0.1, 0.15) is 0 Å². The molecule has 0 spiro atoms. The van der Waals surface area contributed by atoms with Gasteiger partial charge in [0.2, 0.25) is 0 Å². The zero-order valence-electron chi connectivity index (χ0n) is 11.8. The highest BCUT2D eigenvalue weighted by Gasteiger charge is 2.00. The molecule has 6 nitrogen and oxygen atoms in total. The molecule has 0 amide bonds. The number of carboxylic acid groups (broad SMARTS) is 2. The molecule has 0 aromatic carbocycles. The third-order valence-electron chi connectivity index (χ3n) is 2.32. The van der Waals surface area contributed by atoms with Gasteiger partial charge in [-0.2, -0.15) is 0 Å². The average molecular weight is 286 g/mol. The first-order valence-corrected chi connectivity index (χ1v) is 6.47.